The van der Waals surface area contributed by atoms with E-state index in [0.717, 1.165) is 36.7 Å². The summed E-state index contributed by atoms with van der Waals surface area (Å²) in [6.45, 7) is 8.57. The first-order valence-electron chi connectivity index (χ1n) is 10.8. The predicted octanol–water partition coefficient (Wildman–Crippen LogP) is 0.0791. The number of hydrogen-bond donors (Lipinski definition) is 0. The highest BCUT2D eigenvalue weighted by Crippen LogP contribution is 2.41. The Hall–Kier alpha value is -1.98. The minimum atomic E-state index is -3.70. The standard InChI is InChI=1S/C20H31N5O5S/c1-13(2)17-18-16(25(20(17)27)31(4,28)29)5-6-24(18)19(26)15-11-14(30-21-15)12-23-9-7-22(3)8-10-23/h11,13,16-18H,5-10,12H2,1-4H3/t16-,17+,18-/m0/s1. The van der Waals surface area contributed by atoms with Crippen LogP contribution in [-0.2, 0) is 21.4 Å². The van der Waals surface area contributed by atoms with Crippen LogP contribution in [0.1, 0.15) is 36.5 Å². The molecule has 0 bridgehead atoms. The van der Waals surface area contributed by atoms with E-state index in [0.29, 0.717) is 25.3 Å². The molecule has 0 radical (unpaired) electrons. The molecule has 3 saturated heterocycles. The zero-order valence-corrected chi connectivity index (χ0v) is 19.3. The van der Waals surface area contributed by atoms with Crippen molar-refractivity contribution in [1.29, 1.82) is 0 Å². The normalized spacial score (nSPS) is 28.0. The van der Waals surface area contributed by atoms with Crippen molar-refractivity contribution in [2.24, 2.45) is 11.8 Å². The largest absolute Gasteiger partial charge is 0.359 e. The molecule has 3 atom stereocenters. The van der Waals surface area contributed by atoms with Crippen molar-refractivity contribution in [2.75, 3.05) is 46.0 Å². The number of amides is 2. The summed E-state index contributed by atoms with van der Waals surface area (Å²) in [4.78, 5) is 32.3. The first kappa shape index (κ1) is 22.2. The Balaban J connectivity index is 1.52. The molecule has 3 fully saturated rings. The highest BCUT2D eigenvalue weighted by molar-refractivity contribution is 7.88. The molecule has 11 heteroatoms. The smallest absolute Gasteiger partial charge is 0.276 e. The van der Waals surface area contributed by atoms with Crippen molar-refractivity contribution in [2.45, 2.75) is 38.9 Å². The average molecular weight is 454 g/mol. The van der Waals surface area contributed by atoms with Crippen LogP contribution in [0.25, 0.3) is 0 Å². The van der Waals surface area contributed by atoms with Crippen molar-refractivity contribution >= 4 is 21.8 Å². The summed E-state index contributed by atoms with van der Waals surface area (Å²) < 4.78 is 31.0. The zero-order valence-electron chi connectivity index (χ0n) is 18.5. The molecule has 0 aromatic carbocycles. The molecule has 3 aliphatic heterocycles. The van der Waals surface area contributed by atoms with Gasteiger partial charge in [0.15, 0.2) is 11.5 Å². The fourth-order valence-corrected chi connectivity index (χ4v) is 6.30. The maximum Gasteiger partial charge on any atom is 0.276 e. The van der Waals surface area contributed by atoms with Crippen LogP contribution in [-0.4, -0.2) is 103 Å². The highest BCUT2D eigenvalue weighted by Gasteiger charge is 2.58. The number of fused-ring (bicyclic) bond motifs is 1. The molecule has 4 rings (SSSR count). The second kappa shape index (κ2) is 8.18. The van der Waals surface area contributed by atoms with Crippen LogP contribution < -0.4 is 0 Å². The summed E-state index contributed by atoms with van der Waals surface area (Å²) >= 11 is 0. The van der Waals surface area contributed by atoms with Gasteiger partial charge < -0.3 is 14.3 Å². The molecule has 172 valence electrons. The SMILES string of the molecule is CC(C)[C@H]1C(=O)N(S(C)(=O)=O)[C@H]2CCN(C(=O)c3cc(CN4CCN(C)CC4)on3)[C@H]12. The number of sulfonamides is 1. The van der Waals surface area contributed by atoms with E-state index in [1.165, 1.54) is 0 Å². The minimum Gasteiger partial charge on any atom is -0.359 e. The number of likely N-dealkylation sites (tertiary alicyclic amines) is 1. The van der Waals surface area contributed by atoms with Crippen LogP contribution in [0.5, 0.6) is 0 Å². The predicted molar refractivity (Wildman–Crippen MR) is 113 cm³/mol. The summed E-state index contributed by atoms with van der Waals surface area (Å²) in [6, 6.07) is 0.673. The molecule has 0 unspecified atom stereocenters. The molecule has 4 heterocycles. The van der Waals surface area contributed by atoms with Crippen molar-refractivity contribution < 1.29 is 22.5 Å². The number of hydrogen-bond acceptors (Lipinski definition) is 8. The number of carbonyl (C=O) groups excluding carboxylic acids is 2. The zero-order chi connectivity index (χ0) is 22.5. The highest BCUT2D eigenvalue weighted by atomic mass is 32.2. The van der Waals surface area contributed by atoms with Gasteiger partial charge in [0, 0.05) is 38.8 Å². The van der Waals surface area contributed by atoms with Crippen molar-refractivity contribution in [3.8, 4) is 0 Å². The molecule has 2 amide bonds. The fourth-order valence-electron chi connectivity index (χ4n) is 5.13. The molecule has 0 N–H and O–H groups in total. The minimum absolute atomic E-state index is 0.0924. The van der Waals surface area contributed by atoms with E-state index in [1.807, 2.05) is 13.8 Å². The first-order chi connectivity index (χ1) is 14.6. The quantitative estimate of drug-likeness (QED) is 0.617. The van der Waals surface area contributed by atoms with Crippen LogP contribution in [0.4, 0.5) is 0 Å². The Bertz CT molecular complexity index is 953. The van der Waals surface area contributed by atoms with Gasteiger partial charge in [-0.2, -0.15) is 0 Å². The summed E-state index contributed by atoms with van der Waals surface area (Å²) in [5.74, 6) is -0.743. The third-order valence-corrected chi connectivity index (χ3v) is 7.85. The molecule has 10 nitrogen and oxygen atoms in total. The lowest BCUT2D eigenvalue weighted by molar-refractivity contribution is -0.129. The Labute approximate surface area is 183 Å². The fraction of sp³-hybridized carbons (Fsp3) is 0.750. The maximum atomic E-state index is 13.3. The van der Waals surface area contributed by atoms with Crippen molar-refractivity contribution in [3.63, 3.8) is 0 Å². The summed E-state index contributed by atoms with van der Waals surface area (Å²) in [5, 5.41) is 3.99. The topological polar surface area (TPSA) is 107 Å². The second-order valence-corrected chi connectivity index (χ2v) is 11.1. The van der Waals surface area contributed by atoms with Crippen LogP contribution in [0.3, 0.4) is 0 Å². The molecular weight excluding hydrogens is 422 g/mol. The molecule has 0 spiro atoms. The van der Waals surface area contributed by atoms with Crippen LogP contribution in [0.2, 0.25) is 0 Å². The van der Waals surface area contributed by atoms with Gasteiger partial charge in [-0.25, -0.2) is 12.7 Å². The lowest BCUT2D eigenvalue weighted by Gasteiger charge is -2.31. The van der Waals surface area contributed by atoms with Crippen LogP contribution in [0, 0.1) is 11.8 Å². The monoisotopic (exact) mass is 453 g/mol. The Morgan fingerprint density at radius 3 is 2.52 bits per heavy atom. The Kier molecular flexibility index (Phi) is 5.86. The van der Waals surface area contributed by atoms with Gasteiger partial charge in [0.1, 0.15) is 0 Å². The third-order valence-electron chi connectivity index (χ3n) is 6.68. The lowest BCUT2D eigenvalue weighted by Crippen LogP contribution is -2.44. The Morgan fingerprint density at radius 1 is 1.23 bits per heavy atom. The number of nitrogens with zero attached hydrogens (tertiary/aromatic N) is 5. The van der Waals surface area contributed by atoms with E-state index < -0.39 is 33.9 Å². The summed E-state index contributed by atoms with van der Waals surface area (Å²) in [5.41, 5.74) is 0.206. The van der Waals surface area contributed by atoms with Gasteiger partial charge in [-0.05, 0) is 19.4 Å². The molecule has 31 heavy (non-hydrogen) atoms. The third kappa shape index (κ3) is 4.10. The number of piperazine rings is 1. The van der Waals surface area contributed by atoms with E-state index in [1.54, 1.807) is 11.0 Å². The number of carbonyl (C=O) groups is 2. The van der Waals surface area contributed by atoms with E-state index in [9.17, 15) is 18.0 Å². The van der Waals surface area contributed by atoms with Gasteiger partial charge in [0.25, 0.3) is 5.91 Å². The van der Waals surface area contributed by atoms with Gasteiger partial charge in [0.05, 0.1) is 30.8 Å². The van der Waals surface area contributed by atoms with Gasteiger partial charge in [-0.1, -0.05) is 19.0 Å². The molecule has 1 aromatic rings. The van der Waals surface area contributed by atoms with E-state index in [-0.39, 0.29) is 17.5 Å². The molecular formula is C20H31N5O5S. The molecule has 0 aliphatic carbocycles. The van der Waals surface area contributed by atoms with Gasteiger partial charge >= 0.3 is 0 Å². The van der Waals surface area contributed by atoms with Crippen molar-refractivity contribution in [3.05, 3.63) is 17.5 Å². The average Bonchev–Trinajstić information content (AvgIpc) is 3.36. The maximum absolute atomic E-state index is 13.3. The molecule has 3 aliphatic rings. The van der Waals surface area contributed by atoms with E-state index in [2.05, 4.69) is 22.0 Å². The van der Waals surface area contributed by atoms with Gasteiger partial charge in [-0.3, -0.25) is 14.5 Å². The number of likely N-dealkylation sites (N-methyl/N-ethyl adjacent to an activating group) is 1. The molecule has 0 saturated carbocycles. The molecule has 1 aromatic heterocycles. The van der Waals surface area contributed by atoms with Crippen molar-refractivity contribution in [1.82, 2.24) is 24.2 Å². The van der Waals surface area contributed by atoms with Gasteiger partial charge in [-0.15, -0.1) is 0 Å². The second-order valence-electron chi connectivity index (χ2n) is 9.27. The summed E-state index contributed by atoms with van der Waals surface area (Å²) in [7, 11) is -1.61. The van der Waals surface area contributed by atoms with Crippen LogP contribution in [0.15, 0.2) is 10.6 Å². The van der Waals surface area contributed by atoms with E-state index in [4.69, 9.17) is 4.52 Å². The summed E-state index contributed by atoms with van der Waals surface area (Å²) in [6.07, 6.45) is 1.49. The first-order valence-corrected chi connectivity index (χ1v) is 12.6. The Morgan fingerprint density at radius 2 is 1.90 bits per heavy atom. The number of rotatable bonds is 5. The van der Waals surface area contributed by atoms with E-state index >= 15 is 0 Å². The van der Waals surface area contributed by atoms with Crippen LogP contribution >= 0.6 is 0 Å². The lowest BCUT2D eigenvalue weighted by atomic mass is 9.88. The van der Waals surface area contributed by atoms with Gasteiger partial charge in [0.2, 0.25) is 15.9 Å². The number of aromatic nitrogens is 1.